The molecule has 30 heavy (non-hydrogen) atoms. The van der Waals surface area contributed by atoms with Crippen molar-refractivity contribution in [2.24, 2.45) is 5.73 Å². The van der Waals surface area contributed by atoms with E-state index in [1.165, 1.54) is 13.2 Å². The molecular weight excluding hydrogens is 446 g/mol. The molecule has 1 aliphatic heterocycles. The number of anilines is 1. The first-order valence-corrected chi connectivity index (χ1v) is 10.3. The van der Waals surface area contributed by atoms with Gasteiger partial charge in [0.2, 0.25) is 0 Å². The number of ether oxygens (including phenoxy) is 1. The summed E-state index contributed by atoms with van der Waals surface area (Å²) < 4.78 is 6.17. The highest BCUT2D eigenvalue weighted by molar-refractivity contribution is 9.10. The van der Waals surface area contributed by atoms with Gasteiger partial charge in [-0.25, -0.2) is 0 Å². The number of rotatable bonds is 3. The van der Waals surface area contributed by atoms with E-state index in [1.807, 2.05) is 29.2 Å². The molecule has 0 radical (unpaired) electrons. The van der Waals surface area contributed by atoms with E-state index in [2.05, 4.69) is 22.0 Å². The molecular formula is C23H20BrN3O3. The van der Waals surface area contributed by atoms with Crippen molar-refractivity contribution in [2.45, 2.75) is 25.2 Å². The van der Waals surface area contributed by atoms with Gasteiger partial charge in [-0.3, -0.25) is 9.69 Å². The number of methoxy groups -OCH3 is 1. The van der Waals surface area contributed by atoms with E-state index in [0.717, 1.165) is 22.3 Å². The van der Waals surface area contributed by atoms with Crippen LogP contribution in [0.2, 0.25) is 0 Å². The maximum Gasteiger partial charge on any atom is 0.161 e. The number of nitrogens with zero attached hydrogens (tertiary/aromatic N) is 2. The number of allylic oxidation sites excluding steroid dienone is 3. The molecule has 0 fully saturated rings. The molecule has 3 N–H and O–H groups in total. The van der Waals surface area contributed by atoms with Crippen LogP contribution in [0.4, 0.5) is 5.69 Å². The molecule has 0 bridgehead atoms. The van der Waals surface area contributed by atoms with Crippen LogP contribution < -0.4 is 15.4 Å². The van der Waals surface area contributed by atoms with Crippen LogP contribution in [-0.2, 0) is 4.79 Å². The lowest BCUT2D eigenvalue weighted by atomic mass is 9.75. The summed E-state index contributed by atoms with van der Waals surface area (Å²) in [7, 11) is 1.46. The van der Waals surface area contributed by atoms with Crippen molar-refractivity contribution in [3.05, 3.63) is 75.2 Å². The topological polar surface area (TPSA) is 99.6 Å². The molecule has 0 amide bonds. The molecule has 0 saturated heterocycles. The minimum Gasteiger partial charge on any atom is -0.504 e. The minimum atomic E-state index is -0.598. The van der Waals surface area contributed by atoms with Crippen molar-refractivity contribution >= 4 is 27.4 Å². The Morgan fingerprint density at radius 2 is 1.97 bits per heavy atom. The van der Waals surface area contributed by atoms with Crippen molar-refractivity contribution in [3.8, 4) is 17.6 Å². The number of carbonyl (C=O) groups excluding carboxylic acids is 1. The number of halogens is 1. The Kier molecular flexibility index (Phi) is 5.27. The number of benzene rings is 2. The molecule has 152 valence electrons. The van der Waals surface area contributed by atoms with Crippen LogP contribution in [0.3, 0.4) is 0 Å². The number of phenolic OH excluding ortho intramolecular Hbond substituents is 1. The van der Waals surface area contributed by atoms with Crippen molar-refractivity contribution < 1.29 is 14.6 Å². The number of hydrogen-bond acceptors (Lipinski definition) is 6. The third kappa shape index (κ3) is 3.23. The lowest BCUT2D eigenvalue weighted by Gasteiger charge is -2.39. The number of aromatic hydroxyl groups is 1. The summed E-state index contributed by atoms with van der Waals surface area (Å²) in [6.45, 7) is 0. The van der Waals surface area contributed by atoms with Gasteiger partial charge >= 0.3 is 0 Å². The second-order valence-electron chi connectivity index (χ2n) is 7.22. The van der Waals surface area contributed by atoms with Crippen LogP contribution in [0.1, 0.15) is 30.7 Å². The van der Waals surface area contributed by atoms with Gasteiger partial charge in [0.1, 0.15) is 5.82 Å². The van der Waals surface area contributed by atoms with Crippen LogP contribution in [-0.4, -0.2) is 18.0 Å². The Morgan fingerprint density at radius 3 is 2.63 bits per heavy atom. The van der Waals surface area contributed by atoms with Gasteiger partial charge in [-0.1, -0.05) is 22.0 Å². The summed E-state index contributed by atoms with van der Waals surface area (Å²) in [5, 5.41) is 20.0. The highest BCUT2D eigenvalue weighted by atomic mass is 79.9. The molecule has 0 aromatic heterocycles. The zero-order valence-corrected chi connectivity index (χ0v) is 17.9. The van der Waals surface area contributed by atoms with E-state index in [-0.39, 0.29) is 17.3 Å². The van der Waals surface area contributed by atoms with Crippen LogP contribution in [0, 0.1) is 11.3 Å². The lowest BCUT2D eigenvalue weighted by molar-refractivity contribution is -0.116. The number of nitriles is 1. The molecule has 7 heteroatoms. The largest absolute Gasteiger partial charge is 0.504 e. The Labute approximate surface area is 183 Å². The Hall–Kier alpha value is -3.24. The summed E-state index contributed by atoms with van der Waals surface area (Å²) >= 11 is 3.44. The molecule has 6 nitrogen and oxygen atoms in total. The Morgan fingerprint density at radius 1 is 1.23 bits per heavy atom. The monoisotopic (exact) mass is 465 g/mol. The van der Waals surface area contributed by atoms with E-state index in [4.69, 9.17) is 10.5 Å². The van der Waals surface area contributed by atoms with E-state index in [1.54, 1.807) is 12.1 Å². The molecule has 4 rings (SSSR count). The van der Waals surface area contributed by atoms with Gasteiger partial charge in [-0.05, 0) is 54.8 Å². The predicted octanol–water partition coefficient (Wildman–Crippen LogP) is 4.47. The number of ketones is 1. The predicted molar refractivity (Wildman–Crippen MR) is 117 cm³/mol. The second kappa shape index (κ2) is 7.88. The highest BCUT2D eigenvalue weighted by Crippen LogP contribution is 2.47. The Bertz CT molecular complexity index is 1130. The van der Waals surface area contributed by atoms with Gasteiger partial charge < -0.3 is 15.6 Å². The zero-order valence-electron chi connectivity index (χ0n) is 16.4. The maximum atomic E-state index is 13.1. The fourth-order valence-corrected chi connectivity index (χ4v) is 4.44. The quantitative estimate of drug-likeness (QED) is 0.693. The number of carbonyl (C=O) groups is 1. The molecule has 2 aromatic rings. The maximum absolute atomic E-state index is 13.1. The number of nitrogens with two attached hydrogens (primary N) is 1. The first kappa shape index (κ1) is 20.0. The van der Waals surface area contributed by atoms with E-state index in [9.17, 15) is 15.2 Å². The van der Waals surface area contributed by atoms with Crippen molar-refractivity contribution in [1.29, 1.82) is 5.26 Å². The lowest BCUT2D eigenvalue weighted by Crippen LogP contribution is -2.38. The summed E-state index contributed by atoms with van der Waals surface area (Å²) in [6, 6.07) is 14.7. The van der Waals surface area contributed by atoms with E-state index < -0.39 is 5.92 Å². The van der Waals surface area contributed by atoms with Crippen molar-refractivity contribution in [2.75, 3.05) is 12.0 Å². The Balaban J connectivity index is 1.96. The molecule has 1 atom stereocenters. The van der Waals surface area contributed by atoms with E-state index >= 15 is 0 Å². The van der Waals surface area contributed by atoms with Crippen LogP contribution >= 0.6 is 15.9 Å². The number of phenols is 1. The molecule has 2 aliphatic rings. The molecule has 0 spiro atoms. The van der Waals surface area contributed by atoms with Gasteiger partial charge in [-0.2, -0.15) is 5.26 Å². The molecule has 1 aliphatic carbocycles. The summed E-state index contributed by atoms with van der Waals surface area (Å²) in [4.78, 5) is 14.9. The van der Waals surface area contributed by atoms with Gasteiger partial charge in [0.25, 0.3) is 0 Å². The first-order valence-electron chi connectivity index (χ1n) is 9.54. The zero-order chi connectivity index (χ0) is 21.4. The first-order chi connectivity index (χ1) is 14.5. The number of Topliss-reactive ketones (excluding diaryl/α,β-unsaturated/α-hetero) is 1. The minimum absolute atomic E-state index is 0.00631. The van der Waals surface area contributed by atoms with Gasteiger partial charge in [-0.15, -0.1) is 0 Å². The number of hydrogen-bond donors (Lipinski definition) is 2. The van der Waals surface area contributed by atoms with Crippen LogP contribution in [0.15, 0.2) is 69.6 Å². The summed E-state index contributed by atoms with van der Waals surface area (Å²) in [5.74, 6) is -0.00254. The van der Waals surface area contributed by atoms with Crippen LogP contribution in [0.5, 0.6) is 11.5 Å². The highest BCUT2D eigenvalue weighted by Gasteiger charge is 2.40. The van der Waals surface area contributed by atoms with E-state index in [0.29, 0.717) is 35.4 Å². The molecule has 2 aromatic carbocycles. The standard InChI is InChI=1S/C23H20BrN3O3/c1-30-20-11-13(5-10-18(20)28)21-16(12-25)23(26)27(15-8-6-14(24)7-9-15)17-3-2-4-19(29)22(17)21/h5-11,21,28H,2-4,26H2,1H3. The van der Waals surface area contributed by atoms with Gasteiger partial charge in [0.15, 0.2) is 17.3 Å². The molecule has 1 unspecified atom stereocenters. The van der Waals surface area contributed by atoms with Gasteiger partial charge in [0.05, 0.1) is 24.7 Å². The normalized spacial score (nSPS) is 18.9. The fourth-order valence-electron chi connectivity index (χ4n) is 4.18. The van der Waals surface area contributed by atoms with Crippen molar-refractivity contribution in [3.63, 3.8) is 0 Å². The third-order valence-corrected chi connectivity index (χ3v) is 6.06. The average Bonchev–Trinajstić information content (AvgIpc) is 2.74. The smallest absolute Gasteiger partial charge is 0.161 e. The van der Waals surface area contributed by atoms with Crippen LogP contribution in [0.25, 0.3) is 0 Å². The average molecular weight is 466 g/mol. The SMILES string of the molecule is COc1cc(C2C(C#N)=C(N)N(c3ccc(Br)cc3)C3=C2C(=O)CCC3)ccc1O. The molecule has 0 saturated carbocycles. The van der Waals surface area contributed by atoms with Crippen molar-refractivity contribution in [1.82, 2.24) is 0 Å². The molecule has 1 heterocycles. The summed E-state index contributed by atoms with van der Waals surface area (Å²) in [5.41, 5.74) is 9.72. The summed E-state index contributed by atoms with van der Waals surface area (Å²) in [6.07, 6.45) is 1.84. The second-order valence-corrected chi connectivity index (χ2v) is 8.14. The van der Waals surface area contributed by atoms with Gasteiger partial charge in [0, 0.05) is 27.9 Å². The fraction of sp³-hybridized carbons (Fsp3) is 0.217. The third-order valence-electron chi connectivity index (χ3n) is 5.54.